The minimum Gasteiger partial charge on any atom is -0.269 e. The summed E-state index contributed by atoms with van der Waals surface area (Å²) >= 11 is 0. The Balaban J connectivity index is -0.000000321. The van der Waals surface area contributed by atoms with Gasteiger partial charge in [-0.3, -0.25) is 4.70 Å². The summed E-state index contributed by atoms with van der Waals surface area (Å²) < 4.78 is 77.1. The Kier molecular flexibility index (Phi) is 12.7. The van der Waals surface area contributed by atoms with E-state index in [-0.39, 0.29) is 4.70 Å². The van der Waals surface area contributed by atoms with Crippen LogP contribution in [0.15, 0.2) is 0 Å². The second kappa shape index (κ2) is 10.5. The standard InChI is InChI=1S/C4H2F4O4.C2H3F3.FH/c5-1-4(7,8)2(9)11-12-3(6)10;3-1-2(4)5;/h1H2;2H,1H2;1H. The molecule has 0 radical (unpaired) electrons. The number of halogens is 8. The second-order valence-corrected chi connectivity index (χ2v) is 2.08. The third-order valence-corrected chi connectivity index (χ3v) is 0.766. The maximum Gasteiger partial charge on any atom is 0.536 e. The average Bonchev–Trinajstić information content (AvgIpc) is 2.26. The minimum absolute atomic E-state index is 0. The van der Waals surface area contributed by atoms with Gasteiger partial charge in [0.2, 0.25) is 0 Å². The molecule has 0 aromatic heterocycles. The van der Waals surface area contributed by atoms with E-state index >= 15 is 0 Å². The molecule has 0 spiro atoms. The fourth-order valence-corrected chi connectivity index (χ4v) is 0.186. The van der Waals surface area contributed by atoms with Gasteiger partial charge in [0, 0.05) is 0 Å². The summed E-state index contributed by atoms with van der Waals surface area (Å²) in [6, 6.07) is 0. The summed E-state index contributed by atoms with van der Waals surface area (Å²) in [5, 5.41) is 0. The Labute approximate surface area is 93.9 Å². The number of carbonyl (C=O) groups is 2. The third-order valence-electron chi connectivity index (χ3n) is 0.766. The molecular weight excluding hydrogens is 288 g/mol. The maximum absolute atomic E-state index is 11.8. The topological polar surface area (TPSA) is 52.6 Å². The van der Waals surface area contributed by atoms with Crippen molar-refractivity contribution < 1.29 is 54.8 Å². The molecule has 0 amide bonds. The van der Waals surface area contributed by atoms with Crippen molar-refractivity contribution in [3.05, 3.63) is 0 Å². The summed E-state index contributed by atoms with van der Waals surface area (Å²) in [4.78, 5) is 24.9. The van der Waals surface area contributed by atoms with Crippen molar-refractivity contribution in [2.24, 2.45) is 0 Å². The lowest BCUT2D eigenvalue weighted by molar-refractivity contribution is -0.258. The van der Waals surface area contributed by atoms with Crippen LogP contribution in [-0.4, -0.2) is 37.9 Å². The van der Waals surface area contributed by atoms with E-state index < -0.39 is 37.9 Å². The number of carbonyl (C=O) groups excluding carboxylic acids is 2. The van der Waals surface area contributed by atoms with Gasteiger partial charge in [0.1, 0.15) is 0 Å². The highest BCUT2D eigenvalue weighted by Crippen LogP contribution is 2.15. The van der Waals surface area contributed by atoms with Crippen LogP contribution in [0.1, 0.15) is 0 Å². The average molecular weight is 294 g/mol. The lowest BCUT2D eigenvalue weighted by Gasteiger charge is -2.07. The molecule has 110 valence electrons. The van der Waals surface area contributed by atoms with Gasteiger partial charge in [-0.05, 0) is 0 Å². The van der Waals surface area contributed by atoms with Gasteiger partial charge in [0.05, 0.1) is 0 Å². The molecule has 0 aliphatic carbocycles. The maximum atomic E-state index is 11.8. The van der Waals surface area contributed by atoms with Gasteiger partial charge in [-0.2, -0.15) is 8.78 Å². The largest absolute Gasteiger partial charge is 0.536 e. The monoisotopic (exact) mass is 294 g/mol. The first-order chi connectivity index (χ1) is 7.67. The molecule has 0 saturated carbocycles. The smallest absolute Gasteiger partial charge is 0.269 e. The van der Waals surface area contributed by atoms with E-state index in [2.05, 4.69) is 9.78 Å². The molecule has 0 rings (SSSR count). The summed E-state index contributed by atoms with van der Waals surface area (Å²) in [6.07, 6.45) is -5.37. The van der Waals surface area contributed by atoms with E-state index in [1.165, 1.54) is 0 Å². The molecule has 0 unspecified atom stereocenters. The fourth-order valence-electron chi connectivity index (χ4n) is 0.186. The minimum atomic E-state index is -4.44. The van der Waals surface area contributed by atoms with Crippen molar-refractivity contribution in [3.8, 4) is 0 Å². The van der Waals surface area contributed by atoms with Gasteiger partial charge < -0.3 is 0 Å². The Morgan fingerprint density at radius 1 is 1.11 bits per heavy atom. The van der Waals surface area contributed by atoms with Gasteiger partial charge in [0.15, 0.2) is 13.3 Å². The molecule has 18 heavy (non-hydrogen) atoms. The van der Waals surface area contributed by atoms with Crippen LogP contribution >= 0.6 is 0 Å². The van der Waals surface area contributed by atoms with Crippen molar-refractivity contribution in [1.29, 1.82) is 0 Å². The molecule has 4 nitrogen and oxygen atoms in total. The van der Waals surface area contributed by atoms with Crippen LogP contribution in [0.3, 0.4) is 0 Å². The fraction of sp³-hybridized carbons (Fsp3) is 0.667. The van der Waals surface area contributed by atoms with Gasteiger partial charge in [-0.25, -0.2) is 36.9 Å². The molecular formula is C6H6F8O4. The second-order valence-electron chi connectivity index (χ2n) is 2.08. The Bertz CT molecular complexity index is 246. The van der Waals surface area contributed by atoms with E-state index in [1.54, 1.807) is 0 Å². The summed E-state index contributed by atoms with van der Waals surface area (Å²) in [5.74, 6) is -6.91. The molecule has 0 heterocycles. The Morgan fingerprint density at radius 2 is 1.50 bits per heavy atom. The summed E-state index contributed by atoms with van der Waals surface area (Å²) in [6.45, 7) is -3.85. The predicted molar refractivity (Wildman–Crippen MR) is 39.1 cm³/mol. The number of rotatable bonds is 3. The van der Waals surface area contributed by atoms with Crippen LogP contribution in [0.5, 0.6) is 0 Å². The van der Waals surface area contributed by atoms with E-state index in [9.17, 15) is 40.3 Å². The normalized spacial score (nSPS) is 9.78. The van der Waals surface area contributed by atoms with Gasteiger partial charge in [-0.15, -0.1) is 4.39 Å². The van der Waals surface area contributed by atoms with E-state index in [1.807, 2.05) is 0 Å². The molecule has 0 bridgehead atoms. The number of hydrogen-bond donors (Lipinski definition) is 0. The van der Waals surface area contributed by atoms with Gasteiger partial charge in [-0.1, -0.05) is 0 Å². The van der Waals surface area contributed by atoms with E-state index in [4.69, 9.17) is 0 Å². The highest BCUT2D eigenvalue weighted by Gasteiger charge is 2.43. The highest BCUT2D eigenvalue weighted by molar-refractivity contribution is 5.77. The molecule has 0 saturated heterocycles. The zero-order valence-electron chi connectivity index (χ0n) is 8.18. The highest BCUT2D eigenvalue weighted by atomic mass is 19.3. The van der Waals surface area contributed by atoms with Crippen molar-refractivity contribution in [3.63, 3.8) is 0 Å². The SMILES string of the molecule is F.FCC(F)F.O=C(F)OOC(=O)C(F)(F)CF. The van der Waals surface area contributed by atoms with Crippen molar-refractivity contribution >= 4 is 12.2 Å². The molecule has 0 atom stereocenters. The van der Waals surface area contributed by atoms with Crippen molar-refractivity contribution in [1.82, 2.24) is 0 Å². The van der Waals surface area contributed by atoms with Crippen LogP contribution in [0.25, 0.3) is 0 Å². The molecule has 12 heteroatoms. The number of hydrogen-bond acceptors (Lipinski definition) is 4. The molecule has 0 aliphatic rings. The van der Waals surface area contributed by atoms with Crippen LogP contribution in [0.2, 0.25) is 0 Å². The molecule has 0 fully saturated rings. The zero-order chi connectivity index (χ0) is 14.1. The summed E-state index contributed by atoms with van der Waals surface area (Å²) in [5.41, 5.74) is 0. The van der Waals surface area contributed by atoms with Crippen LogP contribution in [0, 0.1) is 0 Å². The van der Waals surface area contributed by atoms with E-state index in [0.29, 0.717) is 0 Å². The zero-order valence-corrected chi connectivity index (χ0v) is 8.18. The van der Waals surface area contributed by atoms with Crippen LogP contribution in [0.4, 0.5) is 40.2 Å². The van der Waals surface area contributed by atoms with Gasteiger partial charge >= 0.3 is 18.1 Å². The number of alkyl halides is 6. The lowest BCUT2D eigenvalue weighted by Crippen LogP contribution is -2.33. The van der Waals surface area contributed by atoms with Crippen molar-refractivity contribution in [2.75, 3.05) is 13.3 Å². The Morgan fingerprint density at radius 3 is 1.72 bits per heavy atom. The first-order valence-electron chi connectivity index (χ1n) is 3.53. The summed E-state index contributed by atoms with van der Waals surface area (Å²) in [7, 11) is 0. The van der Waals surface area contributed by atoms with E-state index in [0.717, 1.165) is 0 Å². The quantitative estimate of drug-likeness (QED) is 0.347. The Hall–Kier alpha value is -1.62. The molecule has 0 N–H and O–H groups in total. The first-order valence-corrected chi connectivity index (χ1v) is 3.53. The lowest BCUT2D eigenvalue weighted by atomic mass is 10.4. The van der Waals surface area contributed by atoms with Crippen molar-refractivity contribution in [2.45, 2.75) is 12.3 Å². The third kappa shape index (κ3) is 12.4. The molecule has 0 aromatic rings. The molecule has 0 aliphatic heterocycles. The van der Waals surface area contributed by atoms with Gasteiger partial charge in [0.25, 0.3) is 6.43 Å². The first kappa shape index (κ1) is 21.6. The van der Waals surface area contributed by atoms with Crippen LogP contribution < -0.4 is 0 Å². The predicted octanol–water partition coefficient (Wildman–Crippen LogP) is 2.53. The van der Waals surface area contributed by atoms with Crippen LogP contribution in [-0.2, 0) is 14.6 Å². The molecule has 0 aromatic carbocycles.